The molecule has 1 heterocycles. The maximum atomic E-state index is 11.6. The monoisotopic (exact) mass is 312 g/mol. The molecule has 1 atom stereocenters. The Kier molecular flexibility index (Phi) is 7.45. The van der Waals surface area contributed by atoms with Crippen molar-refractivity contribution in [3.05, 3.63) is 22.4 Å². The largest absolute Gasteiger partial charge is 0.481 e. The number of carboxylic acids is 1. The van der Waals surface area contributed by atoms with Gasteiger partial charge in [-0.3, -0.25) is 14.4 Å². The summed E-state index contributed by atoms with van der Waals surface area (Å²) in [6.07, 6.45) is 1.26. The van der Waals surface area contributed by atoms with E-state index in [0.29, 0.717) is 24.3 Å². The van der Waals surface area contributed by atoms with E-state index in [9.17, 15) is 14.4 Å². The van der Waals surface area contributed by atoms with Crippen LogP contribution in [-0.4, -0.2) is 36.0 Å². The average molecular weight is 312 g/mol. The number of carbonyl (C=O) groups excluding carboxylic acids is 2. The second-order valence-electron chi connectivity index (χ2n) is 4.58. The third-order valence-electron chi connectivity index (χ3n) is 3.00. The van der Waals surface area contributed by atoms with Gasteiger partial charge in [-0.2, -0.15) is 0 Å². The zero-order valence-corrected chi connectivity index (χ0v) is 12.7. The van der Waals surface area contributed by atoms with Crippen LogP contribution >= 0.6 is 11.3 Å². The van der Waals surface area contributed by atoms with Crippen LogP contribution in [0.5, 0.6) is 0 Å². The molecule has 0 fully saturated rings. The predicted octanol–water partition coefficient (Wildman–Crippen LogP) is 1.49. The van der Waals surface area contributed by atoms with Crippen LogP contribution in [0, 0.1) is 5.92 Å². The number of hydrogen-bond donors (Lipinski definition) is 3. The Balaban J connectivity index is 2.13. The molecule has 6 nitrogen and oxygen atoms in total. The highest BCUT2D eigenvalue weighted by Crippen LogP contribution is 2.07. The van der Waals surface area contributed by atoms with Crippen LogP contribution in [0.15, 0.2) is 17.5 Å². The molecule has 2 amide bonds. The summed E-state index contributed by atoms with van der Waals surface area (Å²) in [5.41, 5.74) is 0. The minimum Gasteiger partial charge on any atom is -0.481 e. The van der Waals surface area contributed by atoms with E-state index >= 15 is 0 Å². The van der Waals surface area contributed by atoms with Gasteiger partial charge in [0, 0.05) is 19.5 Å². The molecule has 0 bridgehead atoms. The first-order chi connectivity index (χ1) is 10.0. The van der Waals surface area contributed by atoms with Crippen molar-refractivity contribution in [3.8, 4) is 0 Å². The van der Waals surface area contributed by atoms with Gasteiger partial charge in [0.1, 0.15) is 0 Å². The number of aliphatic carboxylic acids is 1. The molecule has 0 aliphatic carbocycles. The standard InChI is InChI=1S/C14H20N2O4S/c1-2-10(14(19)20)9-16-12(17)6-3-7-15-13(18)11-5-4-8-21-11/h4-5,8,10H,2-3,6-7,9H2,1H3,(H,15,18)(H,16,17)(H,19,20). The zero-order chi connectivity index (χ0) is 15.7. The summed E-state index contributed by atoms with van der Waals surface area (Å²) in [5.74, 6) is -1.78. The lowest BCUT2D eigenvalue weighted by Crippen LogP contribution is -2.33. The number of nitrogens with one attached hydrogen (secondary N) is 2. The molecular weight excluding hydrogens is 292 g/mol. The number of carboxylic acid groups (broad SMARTS) is 1. The summed E-state index contributed by atoms with van der Waals surface area (Å²) in [6, 6.07) is 3.54. The van der Waals surface area contributed by atoms with Crippen LogP contribution in [0.4, 0.5) is 0 Å². The van der Waals surface area contributed by atoms with E-state index < -0.39 is 11.9 Å². The summed E-state index contributed by atoms with van der Waals surface area (Å²) >= 11 is 1.36. The maximum absolute atomic E-state index is 11.6. The SMILES string of the molecule is CCC(CNC(=O)CCCNC(=O)c1cccs1)C(=O)O. The van der Waals surface area contributed by atoms with E-state index in [4.69, 9.17) is 5.11 Å². The highest BCUT2D eigenvalue weighted by Gasteiger charge is 2.15. The zero-order valence-electron chi connectivity index (χ0n) is 11.9. The number of rotatable bonds is 9. The van der Waals surface area contributed by atoms with Crippen molar-refractivity contribution in [2.45, 2.75) is 26.2 Å². The Hall–Kier alpha value is -1.89. The topological polar surface area (TPSA) is 95.5 Å². The van der Waals surface area contributed by atoms with E-state index in [2.05, 4.69) is 10.6 Å². The van der Waals surface area contributed by atoms with Crippen molar-refractivity contribution in [3.63, 3.8) is 0 Å². The van der Waals surface area contributed by atoms with Crippen LogP contribution in [0.3, 0.4) is 0 Å². The van der Waals surface area contributed by atoms with Crippen LogP contribution in [0.2, 0.25) is 0 Å². The van der Waals surface area contributed by atoms with E-state index in [1.165, 1.54) is 11.3 Å². The lowest BCUT2D eigenvalue weighted by molar-refractivity contribution is -0.141. The smallest absolute Gasteiger partial charge is 0.308 e. The van der Waals surface area contributed by atoms with Crippen LogP contribution < -0.4 is 10.6 Å². The molecule has 1 aromatic heterocycles. The molecule has 0 aromatic carbocycles. The lowest BCUT2D eigenvalue weighted by Gasteiger charge is -2.11. The average Bonchev–Trinajstić information content (AvgIpc) is 2.97. The Morgan fingerprint density at radius 3 is 2.67 bits per heavy atom. The summed E-state index contributed by atoms with van der Waals surface area (Å²) in [4.78, 5) is 34.6. The minimum atomic E-state index is -0.902. The molecule has 0 saturated heterocycles. The van der Waals surface area contributed by atoms with Crippen LogP contribution in [-0.2, 0) is 9.59 Å². The van der Waals surface area contributed by atoms with Gasteiger partial charge in [-0.1, -0.05) is 13.0 Å². The fourth-order valence-electron chi connectivity index (χ4n) is 1.68. The van der Waals surface area contributed by atoms with Crippen molar-refractivity contribution in [2.75, 3.05) is 13.1 Å². The molecule has 1 rings (SSSR count). The minimum absolute atomic E-state index is 0.137. The van der Waals surface area contributed by atoms with Gasteiger partial charge in [0.2, 0.25) is 5.91 Å². The van der Waals surface area contributed by atoms with Crippen molar-refractivity contribution < 1.29 is 19.5 Å². The van der Waals surface area contributed by atoms with E-state index in [-0.39, 0.29) is 24.8 Å². The summed E-state index contributed by atoms with van der Waals surface area (Å²) in [7, 11) is 0. The molecule has 3 N–H and O–H groups in total. The third-order valence-corrected chi connectivity index (χ3v) is 3.87. The number of carbonyl (C=O) groups is 3. The van der Waals surface area contributed by atoms with Gasteiger partial charge in [0.25, 0.3) is 5.91 Å². The lowest BCUT2D eigenvalue weighted by atomic mass is 10.1. The maximum Gasteiger partial charge on any atom is 0.308 e. The van der Waals surface area contributed by atoms with Crippen molar-refractivity contribution in [1.82, 2.24) is 10.6 Å². The van der Waals surface area contributed by atoms with Gasteiger partial charge in [0.05, 0.1) is 10.8 Å². The quantitative estimate of drug-likeness (QED) is 0.602. The van der Waals surface area contributed by atoms with Gasteiger partial charge in [-0.25, -0.2) is 0 Å². The molecule has 7 heteroatoms. The fraction of sp³-hybridized carbons (Fsp3) is 0.500. The van der Waals surface area contributed by atoms with Crippen molar-refractivity contribution in [2.24, 2.45) is 5.92 Å². The Labute approximate surface area is 127 Å². The highest BCUT2D eigenvalue weighted by atomic mass is 32.1. The molecule has 1 aromatic rings. The normalized spacial score (nSPS) is 11.7. The molecule has 0 aliphatic rings. The van der Waals surface area contributed by atoms with Gasteiger partial charge in [0.15, 0.2) is 0 Å². The molecular formula is C14H20N2O4S. The Morgan fingerprint density at radius 1 is 1.33 bits per heavy atom. The predicted molar refractivity (Wildman–Crippen MR) is 80.3 cm³/mol. The van der Waals surface area contributed by atoms with Gasteiger partial charge in [-0.15, -0.1) is 11.3 Å². The number of amides is 2. The molecule has 0 aliphatic heterocycles. The van der Waals surface area contributed by atoms with Gasteiger partial charge < -0.3 is 15.7 Å². The van der Waals surface area contributed by atoms with Crippen molar-refractivity contribution in [1.29, 1.82) is 0 Å². The number of thiophene rings is 1. The summed E-state index contributed by atoms with van der Waals surface area (Å²) in [5, 5.41) is 16.0. The van der Waals surface area contributed by atoms with Crippen LogP contribution in [0.25, 0.3) is 0 Å². The molecule has 0 radical (unpaired) electrons. The first-order valence-electron chi connectivity index (χ1n) is 6.85. The molecule has 116 valence electrons. The van der Waals surface area contributed by atoms with E-state index in [0.717, 1.165) is 0 Å². The number of hydrogen-bond acceptors (Lipinski definition) is 4. The van der Waals surface area contributed by atoms with Crippen molar-refractivity contribution >= 4 is 29.1 Å². The molecule has 0 saturated carbocycles. The second-order valence-corrected chi connectivity index (χ2v) is 5.53. The molecule has 0 spiro atoms. The van der Waals surface area contributed by atoms with Gasteiger partial charge in [-0.05, 0) is 24.3 Å². The first kappa shape index (κ1) is 17.2. The Morgan fingerprint density at radius 2 is 2.10 bits per heavy atom. The van der Waals surface area contributed by atoms with E-state index in [1.807, 2.05) is 5.38 Å². The molecule has 1 unspecified atom stereocenters. The van der Waals surface area contributed by atoms with Crippen LogP contribution in [0.1, 0.15) is 35.9 Å². The first-order valence-corrected chi connectivity index (χ1v) is 7.73. The highest BCUT2D eigenvalue weighted by molar-refractivity contribution is 7.12. The molecule has 21 heavy (non-hydrogen) atoms. The van der Waals surface area contributed by atoms with Gasteiger partial charge >= 0.3 is 5.97 Å². The van der Waals surface area contributed by atoms with E-state index in [1.54, 1.807) is 19.1 Å². The summed E-state index contributed by atoms with van der Waals surface area (Å²) < 4.78 is 0. The second kappa shape index (κ2) is 9.12. The third kappa shape index (κ3) is 6.40. The summed E-state index contributed by atoms with van der Waals surface area (Å²) in [6.45, 7) is 2.33. The fourth-order valence-corrected chi connectivity index (χ4v) is 2.32. The Bertz CT molecular complexity index is 473.